The van der Waals surface area contributed by atoms with E-state index >= 15 is 0 Å². The lowest BCUT2D eigenvalue weighted by molar-refractivity contribution is 0.185. The lowest BCUT2D eigenvalue weighted by atomic mass is 9.99. The average molecular weight is 272 g/mol. The van der Waals surface area contributed by atoms with Crippen LogP contribution in [0.2, 0.25) is 0 Å². The van der Waals surface area contributed by atoms with Crippen LogP contribution >= 0.6 is 0 Å². The minimum Gasteiger partial charge on any atom is -0.494 e. The SMILES string of the molecule is CC1CCN(CCCCOc2ccc(C#N)cc2)CC1. The van der Waals surface area contributed by atoms with Crippen LogP contribution < -0.4 is 4.74 Å². The molecule has 1 heterocycles. The Labute approximate surface area is 122 Å². The van der Waals surface area contributed by atoms with E-state index in [0.29, 0.717) is 5.56 Å². The summed E-state index contributed by atoms with van der Waals surface area (Å²) in [5.74, 6) is 1.77. The van der Waals surface area contributed by atoms with E-state index in [1.807, 2.05) is 12.1 Å². The molecule has 3 heteroatoms. The van der Waals surface area contributed by atoms with Gasteiger partial charge in [-0.05, 0) is 75.5 Å². The summed E-state index contributed by atoms with van der Waals surface area (Å²) < 4.78 is 5.68. The van der Waals surface area contributed by atoms with Crippen molar-refractivity contribution in [1.82, 2.24) is 4.90 Å². The first kappa shape index (κ1) is 14.9. The van der Waals surface area contributed by atoms with E-state index in [2.05, 4.69) is 17.9 Å². The summed E-state index contributed by atoms with van der Waals surface area (Å²) in [5.41, 5.74) is 0.677. The Morgan fingerprint density at radius 3 is 2.55 bits per heavy atom. The van der Waals surface area contributed by atoms with Gasteiger partial charge in [0.2, 0.25) is 0 Å². The molecule has 2 rings (SSSR count). The normalized spacial score (nSPS) is 16.8. The fourth-order valence-electron chi connectivity index (χ4n) is 2.54. The number of hydrogen-bond donors (Lipinski definition) is 0. The van der Waals surface area contributed by atoms with E-state index in [1.54, 1.807) is 12.1 Å². The number of rotatable bonds is 6. The van der Waals surface area contributed by atoms with Crippen LogP contribution in [0, 0.1) is 17.2 Å². The van der Waals surface area contributed by atoms with E-state index in [-0.39, 0.29) is 0 Å². The summed E-state index contributed by atoms with van der Waals surface area (Å²) in [6, 6.07) is 9.43. The van der Waals surface area contributed by atoms with Gasteiger partial charge in [0.1, 0.15) is 5.75 Å². The number of ether oxygens (including phenoxy) is 1. The molecule has 0 bridgehead atoms. The molecule has 3 nitrogen and oxygen atoms in total. The van der Waals surface area contributed by atoms with Gasteiger partial charge in [-0.25, -0.2) is 0 Å². The summed E-state index contributed by atoms with van der Waals surface area (Å²) in [7, 11) is 0. The van der Waals surface area contributed by atoms with E-state index in [0.717, 1.165) is 24.7 Å². The fraction of sp³-hybridized carbons (Fsp3) is 0.588. The Morgan fingerprint density at radius 1 is 1.20 bits per heavy atom. The maximum absolute atomic E-state index is 8.72. The second-order valence-electron chi connectivity index (χ2n) is 5.72. The molecule has 1 aliphatic rings. The van der Waals surface area contributed by atoms with Gasteiger partial charge in [-0.2, -0.15) is 5.26 Å². The van der Waals surface area contributed by atoms with Crippen LogP contribution in [0.25, 0.3) is 0 Å². The van der Waals surface area contributed by atoms with Crippen molar-refractivity contribution in [3.05, 3.63) is 29.8 Å². The smallest absolute Gasteiger partial charge is 0.119 e. The molecule has 1 aliphatic heterocycles. The first-order valence-electron chi connectivity index (χ1n) is 7.63. The lowest BCUT2D eigenvalue weighted by Crippen LogP contribution is -2.33. The van der Waals surface area contributed by atoms with Gasteiger partial charge in [0.15, 0.2) is 0 Å². The summed E-state index contributed by atoms with van der Waals surface area (Å²) in [5, 5.41) is 8.72. The predicted molar refractivity (Wildman–Crippen MR) is 80.7 cm³/mol. The van der Waals surface area contributed by atoms with Crippen LogP contribution in [-0.2, 0) is 0 Å². The Balaban J connectivity index is 1.56. The summed E-state index contributed by atoms with van der Waals surface area (Å²) in [6.45, 7) is 6.83. The van der Waals surface area contributed by atoms with Crippen LogP contribution in [0.5, 0.6) is 5.75 Å². The molecule has 0 amide bonds. The van der Waals surface area contributed by atoms with Crippen molar-refractivity contribution in [3.63, 3.8) is 0 Å². The van der Waals surface area contributed by atoms with E-state index in [1.165, 1.54) is 38.9 Å². The van der Waals surface area contributed by atoms with Gasteiger partial charge < -0.3 is 9.64 Å². The number of likely N-dealkylation sites (tertiary alicyclic amines) is 1. The molecule has 20 heavy (non-hydrogen) atoms. The molecule has 0 N–H and O–H groups in total. The predicted octanol–water partition coefficient (Wildman–Crippen LogP) is 3.45. The number of nitrogens with zero attached hydrogens (tertiary/aromatic N) is 2. The highest BCUT2D eigenvalue weighted by atomic mass is 16.5. The zero-order valence-corrected chi connectivity index (χ0v) is 12.3. The number of nitriles is 1. The van der Waals surface area contributed by atoms with E-state index < -0.39 is 0 Å². The van der Waals surface area contributed by atoms with Crippen LogP contribution in [0.1, 0.15) is 38.2 Å². The second kappa shape index (κ2) is 7.91. The Bertz CT molecular complexity index is 427. The highest BCUT2D eigenvalue weighted by Crippen LogP contribution is 2.16. The number of benzene rings is 1. The van der Waals surface area contributed by atoms with Crippen LogP contribution in [0.3, 0.4) is 0 Å². The third kappa shape index (κ3) is 4.86. The molecule has 108 valence electrons. The van der Waals surface area contributed by atoms with Crippen molar-refractivity contribution in [2.45, 2.75) is 32.6 Å². The molecule has 0 unspecified atom stereocenters. The van der Waals surface area contributed by atoms with Gasteiger partial charge in [0, 0.05) is 0 Å². The Morgan fingerprint density at radius 2 is 1.90 bits per heavy atom. The van der Waals surface area contributed by atoms with Crippen LogP contribution in [0.4, 0.5) is 0 Å². The standard InChI is InChI=1S/C17H24N2O/c1-15-8-11-19(12-9-15)10-2-3-13-20-17-6-4-16(14-18)5-7-17/h4-7,15H,2-3,8-13H2,1H3. The monoisotopic (exact) mass is 272 g/mol. The lowest BCUT2D eigenvalue weighted by Gasteiger charge is -2.30. The molecule has 1 saturated heterocycles. The van der Waals surface area contributed by atoms with Gasteiger partial charge >= 0.3 is 0 Å². The Kier molecular flexibility index (Phi) is 5.88. The van der Waals surface area contributed by atoms with Crippen molar-refractivity contribution in [1.29, 1.82) is 5.26 Å². The molecule has 0 saturated carbocycles. The first-order valence-corrected chi connectivity index (χ1v) is 7.63. The van der Waals surface area contributed by atoms with Crippen molar-refractivity contribution in [3.8, 4) is 11.8 Å². The molecule has 0 spiro atoms. The zero-order chi connectivity index (χ0) is 14.2. The molecular formula is C17H24N2O. The van der Waals surface area contributed by atoms with Crippen LogP contribution in [0.15, 0.2) is 24.3 Å². The average Bonchev–Trinajstić information content (AvgIpc) is 2.49. The topological polar surface area (TPSA) is 36.3 Å². The molecule has 1 fully saturated rings. The first-order chi connectivity index (χ1) is 9.78. The van der Waals surface area contributed by atoms with Gasteiger partial charge in [0.25, 0.3) is 0 Å². The van der Waals surface area contributed by atoms with Crippen molar-refractivity contribution < 1.29 is 4.74 Å². The maximum Gasteiger partial charge on any atom is 0.119 e. The third-order valence-electron chi connectivity index (χ3n) is 4.00. The Hall–Kier alpha value is -1.53. The zero-order valence-electron chi connectivity index (χ0n) is 12.3. The molecular weight excluding hydrogens is 248 g/mol. The quantitative estimate of drug-likeness (QED) is 0.744. The largest absolute Gasteiger partial charge is 0.494 e. The maximum atomic E-state index is 8.72. The van der Waals surface area contributed by atoms with E-state index in [4.69, 9.17) is 10.00 Å². The third-order valence-corrected chi connectivity index (χ3v) is 4.00. The summed E-state index contributed by atoms with van der Waals surface area (Å²) in [4.78, 5) is 2.57. The van der Waals surface area contributed by atoms with E-state index in [9.17, 15) is 0 Å². The van der Waals surface area contributed by atoms with Gasteiger partial charge in [-0.15, -0.1) is 0 Å². The second-order valence-corrected chi connectivity index (χ2v) is 5.72. The molecule has 0 atom stereocenters. The van der Waals surface area contributed by atoms with Crippen molar-refractivity contribution in [2.24, 2.45) is 5.92 Å². The highest BCUT2D eigenvalue weighted by Gasteiger charge is 2.14. The highest BCUT2D eigenvalue weighted by molar-refractivity contribution is 5.34. The van der Waals surface area contributed by atoms with Crippen LogP contribution in [-0.4, -0.2) is 31.1 Å². The molecule has 0 aliphatic carbocycles. The number of hydrogen-bond acceptors (Lipinski definition) is 3. The fourth-order valence-corrected chi connectivity index (χ4v) is 2.54. The molecule has 0 radical (unpaired) electrons. The minimum atomic E-state index is 0.677. The van der Waals surface area contributed by atoms with Gasteiger partial charge in [-0.3, -0.25) is 0 Å². The molecule has 1 aromatic carbocycles. The summed E-state index contributed by atoms with van der Waals surface area (Å²) >= 11 is 0. The number of piperidine rings is 1. The minimum absolute atomic E-state index is 0.677. The van der Waals surface area contributed by atoms with Crippen molar-refractivity contribution >= 4 is 0 Å². The van der Waals surface area contributed by atoms with Gasteiger partial charge in [0.05, 0.1) is 18.2 Å². The molecule has 0 aromatic heterocycles. The summed E-state index contributed by atoms with van der Waals surface area (Å²) in [6.07, 6.45) is 4.99. The number of unbranched alkanes of at least 4 members (excludes halogenated alkanes) is 1. The van der Waals surface area contributed by atoms with Crippen molar-refractivity contribution in [2.75, 3.05) is 26.2 Å². The molecule has 1 aromatic rings. The van der Waals surface area contributed by atoms with Gasteiger partial charge in [-0.1, -0.05) is 6.92 Å².